The third-order valence-corrected chi connectivity index (χ3v) is 4.45. The third-order valence-electron chi connectivity index (χ3n) is 3.42. The zero-order valence-electron chi connectivity index (χ0n) is 12.4. The van der Waals surface area contributed by atoms with E-state index in [1.807, 2.05) is 4.68 Å². The number of nitrogens with one attached hydrogen (secondary N) is 1. The van der Waals surface area contributed by atoms with E-state index in [-0.39, 0.29) is 5.41 Å². The number of thioether (sulfide) groups is 1. The molecule has 1 aromatic rings. The Bertz CT molecular complexity index is 394. The fraction of sp³-hybridized carbons (Fsp3) is 0.923. The second-order valence-electron chi connectivity index (χ2n) is 6.32. The molecule has 0 aromatic carbocycles. The number of rotatable bonds is 7. The van der Waals surface area contributed by atoms with Gasteiger partial charge in [-0.05, 0) is 41.6 Å². The standard InChI is InChI=1S/C13H25N5S/c1-5-8-14-11(13(2,3)4)9-19-12-15-16-17-18(12)10-6-7-10/h10-11,14H,5-9H2,1-4H3. The number of hydrogen-bond donors (Lipinski definition) is 1. The molecule has 1 heterocycles. The lowest BCUT2D eigenvalue weighted by molar-refractivity contribution is 0.291. The molecule has 0 amide bonds. The summed E-state index contributed by atoms with van der Waals surface area (Å²) in [6.45, 7) is 10.1. The molecule has 0 aliphatic heterocycles. The van der Waals surface area contributed by atoms with E-state index in [0.29, 0.717) is 12.1 Å². The van der Waals surface area contributed by atoms with Crippen LogP contribution in [0.25, 0.3) is 0 Å². The van der Waals surface area contributed by atoms with Crippen molar-refractivity contribution >= 4 is 11.8 Å². The van der Waals surface area contributed by atoms with Crippen molar-refractivity contribution in [2.45, 2.75) is 64.2 Å². The molecule has 19 heavy (non-hydrogen) atoms. The third kappa shape index (κ3) is 4.18. The van der Waals surface area contributed by atoms with Crippen molar-refractivity contribution in [3.63, 3.8) is 0 Å². The van der Waals surface area contributed by atoms with E-state index in [2.05, 4.69) is 48.5 Å². The van der Waals surface area contributed by atoms with Gasteiger partial charge in [-0.3, -0.25) is 0 Å². The number of nitrogens with zero attached hydrogens (tertiary/aromatic N) is 4. The number of tetrazole rings is 1. The molecule has 1 saturated carbocycles. The molecule has 1 aliphatic rings. The molecule has 5 nitrogen and oxygen atoms in total. The Morgan fingerprint density at radius 1 is 1.42 bits per heavy atom. The largest absolute Gasteiger partial charge is 0.313 e. The van der Waals surface area contributed by atoms with Crippen molar-refractivity contribution in [2.75, 3.05) is 12.3 Å². The van der Waals surface area contributed by atoms with Crippen LogP contribution in [0.3, 0.4) is 0 Å². The van der Waals surface area contributed by atoms with Gasteiger partial charge in [0.1, 0.15) is 0 Å². The van der Waals surface area contributed by atoms with Crippen LogP contribution in [-0.4, -0.2) is 38.5 Å². The average Bonchev–Trinajstić information content (AvgIpc) is 3.07. The topological polar surface area (TPSA) is 55.6 Å². The second kappa shape index (κ2) is 6.22. The first-order valence-electron chi connectivity index (χ1n) is 7.16. The van der Waals surface area contributed by atoms with E-state index in [4.69, 9.17) is 0 Å². The molecule has 2 rings (SSSR count). The molecule has 0 spiro atoms. The molecule has 0 saturated heterocycles. The number of hydrogen-bond acceptors (Lipinski definition) is 5. The van der Waals surface area contributed by atoms with Crippen molar-refractivity contribution in [1.82, 2.24) is 25.5 Å². The summed E-state index contributed by atoms with van der Waals surface area (Å²) < 4.78 is 1.99. The van der Waals surface area contributed by atoms with Crippen LogP contribution in [-0.2, 0) is 0 Å². The first-order valence-corrected chi connectivity index (χ1v) is 8.15. The van der Waals surface area contributed by atoms with E-state index >= 15 is 0 Å². The fourth-order valence-electron chi connectivity index (χ4n) is 1.92. The minimum absolute atomic E-state index is 0.250. The molecule has 1 N–H and O–H groups in total. The Morgan fingerprint density at radius 3 is 2.74 bits per heavy atom. The lowest BCUT2D eigenvalue weighted by Crippen LogP contribution is -2.42. The molecule has 1 aromatic heterocycles. The van der Waals surface area contributed by atoms with E-state index in [0.717, 1.165) is 23.9 Å². The minimum Gasteiger partial charge on any atom is -0.313 e. The number of aromatic nitrogens is 4. The van der Waals surface area contributed by atoms with Gasteiger partial charge < -0.3 is 5.32 Å². The van der Waals surface area contributed by atoms with Gasteiger partial charge in [-0.1, -0.05) is 39.5 Å². The van der Waals surface area contributed by atoms with Gasteiger partial charge in [0.2, 0.25) is 5.16 Å². The first kappa shape index (κ1) is 14.8. The zero-order valence-corrected chi connectivity index (χ0v) is 13.2. The van der Waals surface area contributed by atoms with E-state index < -0.39 is 0 Å². The van der Waals surface area contributed by atoms with E-state index in [9.17, 15) is 0 Å². The molecule has 1 fully saturated rings. The molecule has 1 atom stereocenters. The van der Waals surface area contributed by atoms with Crippen molar-refractivity contribution in [1.29, 1.82) is 0 Å². The highest BCUT2D eigenvalue weighted by Crippen LogP contribution is 2.36. The summed E-state index contributed by atoms with van der Waals surface area (Å²) in [6.07, 6.45) is 3.60. The summed E-state index contributed by atoms with van der Waals surface area (Å²) in [6, 6.07) is 1.02. The van der Waals surface area contributed by atoms with Gasteiger partial charge in [0.15, 0.2) is 0 Å². The van der Waals surface area contributed by atoms with Crippen molar-refractivity contribution < 1.29 is 0 Å². The van der Waals surface area contributed by atoms with E-state index in [1.54, 1.807) is 11.8 Å². The second-order valence-corrected chi connectivity index (χ2v) is 7.31. The summed E-state index contributed by atoms with van der Waals surface area (Å²) in [7, 11) is 0. The van der Waals surface area contributed by atoms with Gasteiger partial charge >= 0.3 is 0 Å². The van der Waals surface area contributed by atoms with Gasteiger partial charge in [0.25, 0.3) is 0 Å². The Labute approximate surface area is 119 Å². The highest BCUT2D eigenvalue weighted by Gasteiger charge is 2.29. The molecule has 108 valence electrons. The summed E-state index contributed by atoms with van der Waals surface area (Å²) in [5.41, 5.74) is 0.250. The van der Waals surface area contributed by atoms with Crippen LogP contribution in [0.5, 0.6) is 0 Å². The monoisotopic (exact) mass is 283 g/mol. The van der Waals surface area contributed by atoms with Crippen molar-refractivity contribution in [3.8, 4) is 0 Å². The van der Waals surface area contributed by atoms with Crippen LogP contribution in [0.2, 0.25) is 0 Å². The summed E-state index contributed by atoms with van der Waals surface area (Å²) in [4.78, 5) is 0. The Balaban J connectivity index is 1.92. The van der Waals surface area contributed by atoms with Gasteiger partial charge in [-0.15, -0.1) is 5.10 Å². The van der Waals surface area contributed by atoms with Crippen LogP contribution >= 0.6 is 11.8 Å². The van der Waals surface area contributed by atoms with Crippen LogP contribution < -0.4 is 5.32 Å². The average molecular weight is 283 g/mol. The molecular weight excluding hydrogens is 258 g/mol. The SMILES string of the molecule is CCCNC(CSc1nnnn1C1CC1)C(C)(C)C. The zero-order chi connectivity index (χ0) is 13.9. The molecule has 1 aliphatic carbocycles. The predicted molar refractivity (Wildman–Crippen MR) is 78.3 cm³/mol. The Kier molecular flexibility index (Phi) is 4.84. The maximum atomic E-state index is 4.15. The summed E-state index contributed by atoms with van der Waals surface area (Å²) in [5.74, 6) is 1.01. The maximum absolute atomic E-state index is 4.15. The summed E-state index contributed by atoms with van der Waals surface area (Å²) >= 11 is 1.77. The van der Waals surface area contributed by atoms with Gasteiger partial charge in [0.05, 0.1) is 6.04 Å². The van der Waals surface area contributed by atoms with Crippen molar-refractivity contribution in [2.24, 2.45) is 5.41 Å². The predicted octanol–water partition coefficient (Wildman–Crippen LogP) is 2.51. The van der Waals surface area contributed by atoms with Crippen molar-refractivity contribution in [3.05, 3.63) is 0 Å². The van der Waals surface area contributed by atoms with Crippen LogP contribution in [0.1, 0.15) is 53.0 Å². The van der Waals surface area contributed by atoms with Crippen LogP contribution in [0, 0.1) is 5.41 Å². The summed E-state index contributed by atoms with van der Waals surface area (Å²) in [5, 5.41) is 16.7. The smallest absolute Gasteiger partial charge is 0.209 e. The Hall–Kier alpha value is -0.620. The van der Waals surface area contributed by atoms with E-state index in [1.165, 1.54) is 12.8 Å². The lowest BCUT2D eigenvalue weighted by Gasteiger charge is -2.31. The van der Waals surface area contributed by atoms with Gasteiger partial charge in [-0.2, -0.15) is 0 Å². The molecule has 1 unspecified atom stereocenters. The van der Waals surface area contributed by atoms with Gasteiger partial charge in [-0.25, -0.2) is 4.68 Å². The lowest BCUT2D eigenvalue weighted by atomic mass is 9.88. The van der Waals surface area contributed by atoms with Crippen LogP contribution in [0.4, 0.5) is 0 Å². The normalized spacial score (nSPS) is 17.7. The highest BCUT2D eigenvalue weighted by molar-refractivity contribution is 7.99. The molecule has 6 heteroatoms. The Morgan fingerprint density at radius 2 is 2.16 bits per heavy atom. The maximum Gasteiger partial charge on any atom is 0.209 e. The fourth-order valence-corrected chi connectivity index (χ4v) is 3.27. The molecular formula is C13H25N5S. The van der Waals surface area contributed by atoms with Crippen LogP contribution in [0.15, 0.2) is 5.16 Å². The first-order chi connectivity index (χ1) is 9.02. The highest BCUT2D eigenvalue weighted by atomic mass is 32.2. The molecule has 0 bridgehead atoms. The quantitative estimate of drug-likeness (QED) is 0.779. The van der Waals surface area contributed by atoms with Gasteiger partial charge in [0, 0.05) is 11.8 Å². The molecule has 0 radical (unpaired) electrons. The minimum atomic E-state index is 0.250.